The number of halogens is 1. The summed E-state index contributed by atoms with van der Waals surface area (Å²) in [6.45, 7) is 3.79. The lowest BCUT2D eigenvalue weighted by atomic mass is 10.0. The minimum Gasteiger partial charge on any atom is -0.481 e. The SMILES string of the molecule is Cc1cc(C)n(CC(=O)NC(CC(=O)O)c2ccc(Br)cc2)n1. The lowest BCUT2D eigenvalue weighted by Gasteiger charge is -2.18. The number of aryl methyl sites for hydroxylation is 2. The molecule has 0 aliphatic carbocycles. The van der Waals surface area contributed by atoms with Crippen molar-refractivity contribution in [2.24, 2.45) is 0 Å². The molecule has 2 N–H and O–H groups in total. The van der Waals surface area contributed by atoms with Crippen LogP contribution in [0.1, 0.15) is 29.4 Å². The maximum absolute atomic E-state index is 12.2. The van der Waals surface area contributed by atoms with Gasteiger partial charge in [-0.2, -0.15) is 5.10 Å². The average molecular weight is 380 g/mol. The molecule has 2 aromatic rings. The lowest BCUT2D eigenvalue weighted by molar-refractivity contribution is -0.137. The Morgan fingerprint density at radius 2 is 1.96 bits per heavy atom. The molecular formula is C16H18BrN3O3. The fourth-order valence-corrected chi connectivity index (χ4v) is 2.60. The first-order chi connectivity index (χ1) is 10.8. The number of carbonyl (C=O) groups is 2. The second-order valence-corrected chi connectivity index (χ2v) is 6.27. The van der Waals surface area contributed by atoms with Crippen molar-refractivity contribution in [2.45, 2.75) is 32.9 Å². The van der Waals surface area contributed by atoms with Crippen molar-refractivity contribution in [3.05, 3.63) is 51.8 Å². The van der Waals surface area contributed by atoms with E-state index < -0.39 is 12.0 Å². The summed E-state index contributed by atoms with van der Waals surface area (Å²) in [7, 11) is 0. The molecule has 122 valence electrons. The maximum Gasteiger partial charge on any atom is 0.305 e. The van der Waals surface area contributed by atoms with Gasteiger partial charge in [0.2, 0.25) is 5.91 Å². The molecule has 0 spiro atoms. The molecule has 0 saturated carbocycles. The minimum absolute atomic E-state index is 0.0618. The fraction of sp³-hybridized carbons (Fsp3) is 0.312. The van der Waals surface area contributed by atoms with E-state index >= 15 is 0 Å². The number of rotatable bonds is 6. The Bertz CT molecular complexity index is 710. The summed E-state index contributed by atoms with van der Waals surface area (Å²) in [4.78, 5) is 23.3. The molecule has 1 unspecified atom stereocenters. The van der Waals surface area contributed by atoms with Crippen LogP contribution in [-0.4, -0.2) is 26.8 Å². The number of nitrogens with one attached hydrogen (secondary N) is 1. The highest BCUT2D eigenvalue weighted by atomic mass is 79.9. The van der Waals surface area contributed by atoms with Crippen LogP contribution in [0.5, 0.6) is 0 Å². The molecule has 0 saturated heterocycles. The molecule has 1 aromatic heterocycles. The average Bonchev–Trinajstić information content (AvgIpc) is 2.76. The van der Waals surface area contributed by atoms with Crippen LogP contribution in [0.3, 0.4) is 0 Å². The number of carbonyl (C=O) groups excluding carboxylic acids is 1. The van der Waals surface area contributed by atoms with Crippen molar-refractivity contribution in [1.29, 1.82) is 0 Å². The molecule has 1 aromatic carbocycles. The molecule has 2 rings (SSSR count). The molecule has 23 heavy (non-hydrogen) atoms. The van der Waals surface area contributed by atoms with Crippen LogP contribution in [0, 0.1) is 13.8 Å². The van der Waals surface area contributed by atoms with E-state index in [1.54, 1.807) is 16.8 Å². The van der Waals surface area contributed by atoms with Crippen molar-refractivity contribution in [3.63, 3.8) is 0 Å². The number of amides is 1. The molecule has 1 atom stereocenters. The largest absolute Gasteiger partial charge is 0.481 e. The zero-order chi connectivity index (χ0) is 17.0. The van der Waals surface area contributed by atoms with Gasteiger partial charge >= 0.3 is 5.97 Å². The number of hydrogen-bond donors (Lipinski definition) is 2. The highest BCUT2D eigenvalue weighted by Crippen LogP contribution is 2.20. The van der Waals surface area contributed by atoms with E-state index in [1.165, 1.54) is 0 Å². The number of benzene rings is 1. The van der Waals surface area contributed by atoms with Gasteiger partial charge in [0.25, 0.3) is 0 Å². The van der Waals surface area contributed by atoms with E-state index in [9.17, 15) is 9.59 Å². The number of aromatic nitrogens is 2. The predicted octanol–water partition coefficient (Wildman–Crippen LogP) is 2.59. The van der Waals surface area contributed by atoms with Crippen molar-refractivity contribution in [1.82, 2.24) is 15.1 Å². The van der Waals surface area contributed by atoms with Crippen LogP contribution in [0.15, 0.2) is 34.8 Å². The molecule has 0 fully saturated rings. The van der Waals surface area contributed by atoms with Crippen LogP contribution in [0.25, 0.3) is 0 Å². The van der Waals surface area contributed by atoms with Crippen LogP contribution in [0.4, 0.5) is 0 Å². The molecule has 1 amide bonds. The zero-order valence-electron chi connectivity index (χ0n) is 12.9. The third-order valence-corrected chi connectivity index (χ3v) is 3.91. The third kappa shape index (κ3) is 4.92. The van der Waals surface area contributed by atoms with Crippen molar-refractivity contribution < 1.29 is 14.7 Å². The van der Waals surface area contributed by atoms with Gasteiger partial charge in [-0.3, -0.25) is 14.3 Å². The number of carboxylic acids is 1. The van der Waals surface area contributed by atoms with Crippen molar-refractivity contribution in [2.75, 3.05) is 0 Å². The summed E-state index contributed by atoms with van der Waals surface area (Å²) in [6.07, 6.45) is -0.176. The minimum atomic E-state index is -0.968. The Morgan fingerprint density at radius 1 is 1.30 bits per heavy atom. The second-order valence-electron chi connectivity index (χ2n) is 5.35. The Balaban J connectivity index is 2.10. The quantitative estimate of drug-likeness (QED) is 0.807. The van der Waals surface area contributed by atoms with Crippen molar-refractivity contribution >= 4 is 27.8 Å². The molecule has 0 aliphatic heterocycles. The molecule has 1 heterocycles. The lowest BCUT2D eigenvalue weighted by Crippen LogP contribution is -2.33. The van der Waals surface area contributed by atoms with Gasteiger partial charge in [-0.05, 0) is 37.6 Å². The first-order valence-electron chi connectivity index (χ1n) is 7.13. The molecule has 7 heteroatoms. The van der Waals surface area contributed by atoms with Gasteiger partial charge in [0.15, 0.2) is 0 Å². The second kappa shape index (κ2) is 7.41. The highest BCUT2D eigenvalue weighted by molar-refractivity contribution is 9.10. The van der Waals surface area contributed by atoms with Gasteiger partial charge < -0.3 is 10.4 Å². The van der Waals surface area contributed by atoms with Gasteiger partial charge in [-0.1, -0.05) is 28.1 Å². The van der Waals surface area contributed by atoms with Crippen LogP contribution < -0.4 is 5.32 Å². The summed E-state index contributed by atoms with van der Waals surface area (Å²) in [6, 6.07) is 8.53. The fourth-order valence-electron chi connectivity index (χ4n) is 2.33. The summed E-state index contributed by atoms with van der Waals surface area (Å²) in [5.41, 5.74) is 2.47. The van der Waals surface area contributed by atoms with Gasteiger partial charge in [0, 0.05) is 10.2 Å². The first kappa shape index (κ1) is 17.2. The van der Waals surface area contributed by atoms with Gasteiger partial charge in [-0.25, -0.2) is 0 Å². The molecule has 0 radical (unpaired) electrons. The number of nitrogens with zero attached hydrogens (tertiary/aromatic N) is 2. The summed E-state index contributed by atoms with van der Waals surface area (Å²) < 4.78 is 2.49. The third-order valence-electron chi connectivity index (χ3n) is 3.38. The standard InChI is InChI=1S/C16H18BrN3O3/c1-10-7-11(2)20(19-10)9-15(21)18-14(8-16(22)23)12-3-5-13(17)6-4-12/h3-7,14H,8-9H2,1-2H3,(H,18,21)(H,22,23). The topological polar surface area (TPSA) is 84.2 Å². The Labute approximate surface area is 142 Å². The number of carboxylic acid groups (broad SMARTS) is 1. The Morgan fingerprint density at radius 3 is 2.48 bits per heavy atom. The van der Waals surface area contributed by atoms with E-state index in [-0.39, 0.29) is 18.9 Å². The van der Waals surface area contributed by atoms with E-state index in [4.69, 9.17) is 5.11 Å². The predicted molar refractivity (Wildman–Crippen MR) is 89.0 cm³/mol. The highest BCUT2D eigenvalue weighted by Gasteiger charge is 2.18. The van der Waals surface area contributed by atoms with Crippen LogP contribution in [-0.2, 0) is 16.1 Å². The number of aliphatic carboxylic acids is 1. The summed E-state index contributed by atoms with van der Waals surface area (Å²) >= 11 is 3.34. The van der Waals surface area contributed by atoms with Gasteiger partial charge in [0.1, 0.15) is 6.54 Å². The summed E-state index contributed by atoms with van der Waals surface area (Å²) in [5.74, 6) is -1.24. The van der Waals surface area contributed by atoms with Gasteiger partial charge in [0.05, 0.1) is 18.2 Å². The molecule has 0 bridgehead atoms. The molecule has 6 nitrogen and oxygen atoms in total. The van der Waals surface area contributed by atoms with Crippen molar-refractivity contribution in [3.8, 4) is 0 Å². The van der Waals surface area contributed by atoms with E-state index in [1.807, 2.05) is 32.0 Å². The number of hydrogen-bond acceptors (Lipinski definition) is 3. The monoisotopic (exact) mass is 379 g/mol. The van der Waals surface area contributed by atoms with E-state index in [0.717, 1.165) is 21.4 Å². The molecule has 0 aliphatic rings. The normalized spacial score (nSPS) is 12.0. The maximum atomic E-state index is 12.2. The van der Waals surface area contributed by atoms with E-state index in [0.29, 0.717) is 0 Å². The zero-order valence-corrected chi connectivity index (χ0v) is 14.5. The Kier molecular flexibility index (Phi) is 5.54. The van der Waals surface area contributed by atoms with E-state index in [2.05, 4.69) is 26.3 Å². The first-order valence-corrected chi connectivity index (χ1v) is 7.92. The smallest absolute Gasteiger partial charge is 0.305 e. The summed E-state index contributed by atoms with van der Waals surface area (Å²) in [5, 5.41) is 16.1. The van der Waals surface area contributed by atoms with Gasteiger partial charge in [-0.15, -0.1) is 0 Å². The van der Waals surface area contributed by atoms with Crippen LogP contribution in [0.2, 0.25) is 0 Å². The Hall–Kier alpha value is -2.15. The molecular weight excluding hydrogens is 362 g/mol. The van der Waals surface area contributed by atoms with Crippen LogP contribution >= 0.6 is 15.9 Å².